The van der Waals surface area contributed by atoms with Gasteiger partial charge in [0.25, 0.3) is 5.91 Å². The molecule has 0 saturated carbocycles. The smallest absolute Gasteiger partial charge is 0.278 e. The number of nitrogens with one attached hydrogen (secondary N) is 1. The monoisotopic (exact) mass is 348 g/mol. The lowest BCUT2D eigenvalue weighted by Crippen LogP contribution is -2.18. The minimum absolute atomic E-state index is 0.0432. The second-order valence-corrected chi connectivity index (χ2v) is 5.39. The van der Waals surface area contributed by atoms with Gasteiger partial charge in [0.1, 0.15) is 0 Å². The zero-order valence-electron chi connectivity index (χ0n) is 14.4. The lowest BCUT2D eigenvalue weighted by molar-refractivity contribution is -0.112. The number of benzene rings is 1. The van der Waals surface area contributed by atoms with Gasteiger partial charge in [-0.1, -0.05) is 24.8 Å². The van der Waals surface area contributed by atoms with E-state index >= 15 is 0 Å². The summed E-state index contributed by atoms with van der Waals surface area (Å²) >= 11 is 0. The number of amides is 1. The van der Waals surface area contributed by atoms with Crippen LogP contribution in [0.15, 0.2) is 76.9 Å². The molecule has 0 radical (unpaired) electrons. The fourth-order valence-corrected chi connectivity index (χ4v) is 2.10. The average Bonchev–Trinajstić information content (AvgIpc) is 2.66. The summed E-state index contributed by atoms with van der Waals surface area (Å²) in [5.41, 5.74) is 14.4. The Bertz CT molecular complexity index is 899. The maximum Gasteiger partial charge on any atom is 0.278 e. The summed E-state index contributed by atoms with van der Waals surface area (Å²) in [7, 11) is 0. The minimum atomic E-state index is -0.516. The molecule has 132 valence electrons. The highest BCUT2D eigenvalue weighted by Gasteiger charge is 2.14. The summed E-state index contributed by atoms with van der Waals surface area (Å²) in [5.74, 6) is -0.594. The number of carbonyl (C=O) groups excluding carboxylic acids is 1. The Morgan fingerprint density at radius 1 is 1.19 bits per heavy atom. The Labute approximate surface area is 151 Å². The van der Waals surface area contributed by atoms with Gasteiger partial charge in [-0.3, -0.25) is 9.78 Å². The zero-order chi connectivity index (χ0) is 19.1. The van der Waals surface area contributed by atoms with Gasteiger partial charge in [0, 0.05) is 35.1 Å². The maximum atomic E-state index is 12.6. The van der Waals surface area contributed by atoms with Crippen molar-refractivity contribution in [1.82, 2.24) is 4.98 Å². The van der Waals surface area contributed by atoms with Crippen molar-refractivity contribution in [3.8, 4) is 0 Å². The third-order valence-corrected chi connectivity index (χ3v) is 3.48. The van der Waals surface area contributed by atoms with Gasteiger partial charge in [0.15, 0.2) is 11.5 Å². The van der Waals surface area contributed by atoms with Crippen LogP contribution in [0, 0.1) is 0 Å². The molecule has 1 amide bonds. The van der Waals surface area contributed by atoms with E-state index < -0.39 is 5.91 Å². The van der Waals surface area contributed by atoms with Crippen LogP contribution in [0.4, 0.5) is 5.69 Å². The number of aliphatic imine (C=N–C) groups is 2. The molecular formula is C19H20N6O. The number of nitrogens with two attached hydrogens (primary N) is 2. The standard InChI is InChI=1S/C19H20N6O/c1-12(20)14-6-4-8-16(10-14)25-19(26)17(18(21)22-3)24-13(2)15-7-5-9-23-11-15/h4-11H,1,3,20-21H2,2H3,(H,25,26)/b18-17-,24-13?. The first-order valence-corrected chi connectivity index (χ1v) is 7.70. The molecule has 1 aromatic heterocycles. The minimum Gasteiger partial charge on any atom is -0.399 e. The number of nitrogens with zero attached hydrogens (tertiary/aromatic N) is 3. The van der Waals surface area contributed by atoms with Crippen molar-refractivity contribution in [2.45, 2.75) is 6.92 Å². The van der Waals surface area contributed by atoms with Crippen LogP contribution < -0.4 is 16.8 Å². The third-order valence-electron chi connectivity index (χ3n) is 3.48. The number of hydrogen-bond donors (Lipinski definition) is 3. The average molecular weight is 348 g/mol. The molecule has 2 rings (SSSR count). The quantitative estimate of drug-likeness (QED) is 0.548. The van der Waals surface area contributed by atoms with Crippen molar-refractivity contribution < 1.29 is 4.79 Å². The van der Waals surface area contributed by atoms with Gasteiger partial charge in [0.05, 0.1) is 0 Å². The van der Waals surface area contributed by atoms with Crippen LogP contribution in [0.25, 0.3) is 5.70 Å². The number of aromatic nitrogens is 1. The highest BCUT2D eigenvalue weighted by molar-refractivity contribution is 6.08. The molecule has 7 nitrogen and oxygen atoms in total. The highest BCUT2D eigenvalue weighted by Crippen LogP contribution is 2.16. The molecule has 0 aliphatic rings. The molecule has 26 heavy (non-hydrogen) atoms. The summed E-state index contributed by atoms with van der Waals surface area (Å²) in [5, 5.41) is 2.73. The summed E-state index contributed by atoms with van der Waals surface area (Å²) in [6.45, 7) is 8.80. The second kappa shape index (κ2) is 8.39. The van der Waals surface area contributed by atoms with Gasteiger partial charge in [-0.15, -0.1) is 0 Å². The van der Waals surface area contributed by atoms with E-state index in [1.807, 2.05) is 6.07 Å². The molecule has 2 aromatic rings. The van der Waals surface area contributed by atoms with Crippen molar-refractivity contribution >= 4 is 29.7 Å². The summed E-state index contributed by atoms with van der Waals surface area (Å²) in [6, 6.07) is 10.6. The number of rotatable bonds is 6. The second-order valence-electron chi connectivity index (χ2n) is 5.39. The van der Waals surface area contributed by atoms with Crippen molar-refractivity contribution in [2.75, 3.05) is 5.32 Å². The molecule has 7 heteroatoms. The number of anilines is 1. The fraction of sp³-hybridized carbons (Fsp3) is 0.0526. The van der Waals surface area contributed by atoms with Crippen molar-refractivity contribution in [3.63, 3.8) is 0 Å². The molecule has 5 N–H and O–H groups in total. The Balaban J connectivity index is 2.33. The van der Waals surface area contributed by atoms with E-state index in [1.165, 1.54) is 0 Å². The van der Waals surface area contributed by atoms with E-state index in [4.69, 9.17) is 11.5 Å². The summed E-state index contributed by atoms with van der Waals surface area (Å²) in [4.78, 5) is 24.6. The van der Waals surface area contributed by atoms with E-state index in [9.17, 15) is 4.79 Å². The van der Waals surface area contributed by atoms with E-state index in [0.717, 1.165) is 5.56 Å². The van der Waals surface area contributed by atoms with Crippen molar-refractivity contribution in [3.05, 3.63) is 78.0 Å². The van der Waals surface area contributed by atoms with E-state index in [-0.39, 0.29) is 11.5 Å². The molecule has 0 aliphatic carbocycles. The van der Waals surface area contributed by atoms with Crippen molar-refractivity contribution in [1.29, 1.82) is 0 Å². The first-order chi connectivity index (χ1) is 12.4. The Kier molecular flexibility index (Phi) is 6.00. The van der Waals surface area contributed by atoms with Crippen molar-refractivity contribution in [2.24, 2.45) is 21.5 Å². The normalized spacial score (nSPS) is 12.1. The number of pyridine rings is 1. The van der Waals surface area contributed by atoms with E-state index in [0.29, 0.717) is 22.7 Å². The molecule has 0 saturated heterocycles. The molecule has 0 aliphatic heterocycles. The van der Waals surface area contributed by atoms with Gasteiger partial charge in [0.2, 0.25) is 0 Å². The van der Waals surface area contributed by atoms with E-state index in [1.54, 1.807) is 49.6 Å². The first-order valence-electron chi connectivity index (χ1n) is 7.70. The Morgan fingerprint density at radius 3 is 2.54 bits per heavy atom. The SMILES string of the molecule is C=N/C(N)=C(\N=C(C)c1cccnc1)C(=O)Nc1cccc(C(=C)N)c1. The summed E-state index contributed by atoms with van der Waals surface area (Å²) in [6.07, 6.45) is 3.29. The number of carbonyl (C=O) groups is 1. The lowest BCUT2D eigenvalue weighted by atomic mass is 10.1. The van der Waals surface area contributed by atoms with Gasteiger partial charge < -0.3 is 16.8 Å². The maximum absolute atomic E-state index is 12.6. The van der Waals surface area contributed by atoms with Crippen LogP contribution in [-0.4, -0.2) is 23.3 Å². The third kappa shape index (κ3) is 4.64. The van der Waals surface area contributed by atoms with E-state index in [2.05, 4.69) is 33.6 Å². The Morgan fingerprint density at radius 2 is 1.92 bits per heavy atom. The fourth-order valence-electron chi connectivity index (χ4n) is 2.10. The molecule has 0 bridgehead atoms. The first kappa shape index (κ1) is 18.6. The molecule has 0 spiro atoms. The van der Waals surface area contributed by atoms with Crippen LogP contribution in [-0.2, 0) is 4.79 Å². The highest BCUT2D eigenvalue weighted by atomic mass is 16.2. The zero-order valence-corrected chi connectivity index (χ0v) is 14.4. The topological polar surface area (TPSA) is 119 Å². The van der Waals surface area contributed by atoms with Gasteiger partial charge >= 0.3 is 0 Å². The van der Waals surface area contributed by atoms with Gasteiger partial charge in [-0.25, -0.2) is 9.98 Å². The van der Waals surface area contributed by atoms with Crippen LogP contribution in [0.2, 0.25) is 0 Å². The Hall–Kier alpha value is -3.74. The van der Waals surface area contributed by atoms with Crippen LogP contribution in [0.1, 0.15) is 18.1 Å². The molecule has 1 aromatic carbocycles. The molecule has 0 fully saturated rings. The van der Waals surface area contributed by atoms with Crippen LogP contribution >= 0.6 is 0 Å². The molecule has 0 unspecified atom stereocenters. The predicted molar refractivity (Wildman–Crippen MR) is 106 cm³/mol. The van der Waals surface area contributed by atoms with Crippen LogP contribution in [0.5, 0.6) is 0 Å². The predicted octanol–water partition coefficient (Wildman–Crippen LogP) is 2.29. The van der Waals surface area contributed by atoms with Gasteiger partial charge in [-0.2, -0.15) is 0 Å². The molecule has 0 atom stereocenters. The summed E-state index contributed by atoms with van der Waals surface area (Å²) < 4.78 is 0. The largest absolute Gasteiger partial charge is 0.399 e. The molecular weight excluding hydrogens is 328 g/mol. The molecule has 1 heterocycles. The number of hydrogen-bond acceptors (Lipinski definition) is 6. The van der Waals surface area contributed by atoms with Crippen LogP contribution in [0.3, 0.4) is 0 Å². The van der Waals surface area contributed by atoms with Gasteiger partial charge in [-0.05, 0) is 37.4 Å². The lowest BCUT2D eigenvalue weighted by Gasteiger charge is -2.09.